The highest BCUT2D eigenvalue weighted by molar-refractivity contribution is 5.87. The molecule has 94 valence electrons. The lowest BCUT2D eigenvalue weighted by molar-refractivity contribution is -0.139. The minimum atomic E-state index is -0.282. The number of esters is 1. The van der Waals surface area contributed by atoms with Gasteiger partial charge in [-0.25, -0.2) is 4.79 Å². The Morgan fingerprint density at radius 1 is 1.12 bits per heavy atom. The molecule has 0 rings (SSSR count). The summed E-state index contributed by atoms with van der Waals surface area (Å²) in [5.41, 5.74) is 0.508. The Morgan fingerprint density at radius 3 is 2.38 bits per heavy atom. The van der Waals surface area contributed by atoms with Crippen LogP contribution < -0.4 is 0 Å². The van der Waals surface area contributed by atoms with Crippen molar-refractivity contribution in [3.05, 3.63) is 11.8 Å². The van der Waals surface area contributed by atoms with Crippen LogP contribution in [0, 0.1) is 0 Å². The summed E-state index contributed by atoms with van der Waals surface area (Å²) in [7, 11) is 1.52. The fraction of sp³-hybridized carbons (Fsp3) is 0.769. The monoisotopic (exact) mass is 228 g/mol. The van der Waals surface area contributed by atoms with Crippen LogP contribution in [0.1, 0.15) is 52.4 Å². The van der Waals surface area contributed by atoms with E-state index in [1.54, 1.807) is 6.92 Å². The molecule has 0 aliphatic rings. The third-order valence-electron chi connectivity index (χ3n) is 2.35. The zero-order chi connectivity index (χ0) is 12.2. The van der Waals surface area contributed by atoms with E-state index in [0.29, 0.717) is 12.2 Å². The zero-order valence-electron chi connectivity index (χ0n) is 10.8. The molecule has 0 atom stereocenters. The first-order chi connectivity index (χ1) is 7.72. The highest BCUT2D eigenvalue weighted by Gasteiger charge is 2.04. The SMILES string of the molecule is CCCCCCCCOC(=O)/C(C)=C/OC. The summed E-state index contributed by atoms with van der Waals surface area (Å²) in [6, 6.07) is 0. The Hall–Kier alpha value is -0.990. The molecule has 3 heteroatoms. The van der Waals surface area contributed by atoms with E-state index in [0.717, 1.165) is 12.8 Å². The van der Waals surface area contributed by atoms with E-state index >= 15 is 0 Å². The average Bonchev–Trinajstić information content (AvgIpc) is 2.28. The molecule has 0 aromatic heterocycles. The van der Waals surface area contributed by atoms with Crippen molar-refractivity contribution in [3.63, 3.8) is 0 Å². The lowest BCUT2D eigenvalue weighted by atomic mass is 10.1. The van der Waals surface area contributed by atoms with E-state index in [1.165, 1.54) is 39.1 Å². The van der Waals surface area contributed by atoms with Crippen LogP contribution in [0.5, 0.6) is 0 Å². The van der Waals surface area contributed by atoms with Gasteiger partial charge in [0.25, 0.3) is 0 Å². The minimum absolute atomic E-state index is 0.282. The van der Waals surface area contributed by atoms with Gasteiger partial charge >= 0.3 is 5.97 Å². The first kappa shape index (κ1) is 15.0. The number of methoxy groups -OCH3 is 1. The van der Waals surface area contributed by atoms with Crippen molar-refractivity contribution < 1.29 is 14.3 Å². The molecule has 0 saturated heterocycles. The summed E-state index contributed by atoms with van der Waals surface area (Å²) in [6.07, 6.45) is 8.58. The van der Waals surface area contributed by atoms with E-state index in [9.17, 15) is 4.79 Å². The number of hydrogen-bond donors (Lipinski definition) is 0. The predicted octanol–water partition coefficient (Wildman–Crippen LogP) is 3.44. The summed E-state index contributed by atoms with van der Waals surface area (Å²) in [5.74, 6) is -0.282. The van der Waals surface area contributed by atoms with E-state index < -0.39 is 0 Å². The fourth-order valence-corrected chi connectivity index (χ4v) is 1.39. The Balaban J connectivity index is 3.38. The second-order valence-corrected chi connectivity index (χ2v) is 3.94. The van der Waals surface area contributed by atoms with Crippen LogP contribution in [-0.4, -0.2) is 19.7 Å². The van der Waals surface area contributed by atoms with Crippen LogP contribution in [0.4, 0.5) is 0 Å². The molecule has 0 bridgehead atoms. The molecule has 0 unspecified atom stereocenters. The average molecular weight is 228 g/mol. The highest BCUT2D eigenvalue weighted by Crippen LogP contribution is 2.05. The van der Waals surface area contributed by atoms with Gasteiger partial charge in [-0.3, -0.25) is 0 Å². The minimum Gasteiger partial charge on any atom is -0.504 e. The molecule has 0 aromatic carbocycles. The zero-order valence-corrected chi connectivity index (χ0v) is 10.8. The Labute approximate surface area is 98.8 Å². The molecule has 0 radical (unpaired) electrons. The smallest absolute Gasteiger partial charge is 0.336 e. The maximum atomic E-state index is 11.3. The standard InChI is InChI=1S/C13H24O3/c1-4-5-6-7-8-9-10-16-13(14)12(2)11-15-3/h11H,4-10H2,1-3H3/b12-11+. The van der Waals surface area contributed by atoms with Crippen molar-refractivity contribution in [2.75, 3.05) is 13.7 Å². The molecule has 0 aliphatic carbocycles. The molecule has 0 heterocycles. The van der Waals surface area contributed by atoms with Gasteiger partial charge in [-0.1, -0.05) is 39.0 Å². The summed E-state index contributed by atoms with van der Waals surface area (Å²) >= 11 is 0. The summed E-state index contributed by atoms with van der Waals surface area (Å²) in [6.45, 7) is 4.40. The van der Waals surface area contributed by atoms with E-state index in [1.807, 2.05) is 0 Å². The van der Waals surface area contributed by atoms with Crippen LogP contribution in [-0.2, 0) is 14.3 Å². The molecular formula is C13H24O3. The van der Waals surface area contributed by atoms with Crippen LogP contribution in [0.3, 0.4) is 0 Å². The van der Waals surface area contributed by atoms with Crippen LogP contribution in [0.25, 0.3) is 0 Å². The normalized spacial score (nSPS) is 11.3. The summed E-state index contributed by atoms with van der Waals surface area (Å²) in [5, 5.41) is 0. The second kappa shape index (κ2) is 10.5. The Kier molecular flexibility index (Phi) is 9.87. The van der Waals surface area contributed by atoms with Crippen LogP contribution in [0.15, 0.2) is 11.8 Å². The van der Waals surface area contributed by atoms with Gasteiger partial charge in [-0.05, 0) is 13.3 Å². The molecule has 0 N–H and O–H groups in total. The maximum absolute atomic E-state index is 11.3. The molecule has 0 spiro atoms. The maximum Gasteiger partial charge on any atom is 0.336 e. The molecule has 0 amide bonds. The van der Waals surface area contributed by atoms with Gasteiger partial charge < -0.3 is 9.47 Å². The summed E-state index contributed by atoms with van der Waals surface area (Å²) in [4.78, 5) is 11.3. The quantitative estimate of drug-likeness (QED) is 0.262. The van der Waals surface area contributed by atoms with Crippen molar-refractivity contribution in [2.45, 2.75) is 52.4 Å². The van der Waals surface area contributed by atoms with E-state index in [2.05, 4.69) is 6.92 Å². The van der Waals surface area contributed by atoms with Crippen molar-refractivity contribution in [1.82, 2.24) is 0 Å². The molecule has 0 aromatic rings. The first-order valence-corrected chi connectivity index (χ1v) is 6.09. The van der Waals surface area contributed by atoms with Gasteiger partial charge in [0.1, 0.15) is 0 Å². The largest absolute Gasteiger partial charge is 0.504 e. The number of carbonyl (C=O) groups excluding carboxylic acids is 1. The van der Waals surface area contributed by atoms with Gasteiger partial charge in [-0.2, -0.15) is 0 Å². The predicted molar refractivity (Wildman–Crippen MR) is 65.1 cm³/mol. The molecule has 0 saturated carbocycles. The number of unbranched alkanes of at least 4 members (excludes halogenated alkanes) is 5. The van der Waals surface area contributed by atoms with Crippen molar-refractivity contribution in [2.24, 2.45) is 0 Å². The van der Waals surface area contributed by atoms with Crippen molar-refractivity contribution >= 4 is 5.97 Å². The van der Waals surface area contributed by atoms with Gasteiger partial charge in [0.05, 0.1) is 25.6 Å². The number of hydrogen-bond acceptors (Lipinski definition) is 3. The number of carbonyl (C=O) groups is 1. The van der Waals surface area contributed by atoms with Gasteiger partial charge in [0.15, 0.2) is 0 Å². The number of ether oxygens (including phenoxy) is 2. The Bertz CT molecular complexity index is 209. The topological polar surface area (TPSA) is 35.5 Å². The Morgan fingerprint density at radius 2 is 1.75 bits per heavy atom. The summed E-state index contributed by atoms with van der Waals surface area (Å²) < 4.78 is 9.81. The highest BCUT2D eigenvalue weighted by atomic mass is 16.5. The lowest BCUT2D eigenvalue weighted by Gasteiger charge is -2.04. The molecule has 0 aliphatic heterocycles. The fourth-order valence-electron chi connectivity index (χ4n) is 1.39. The van der Waals surface area contributed by atoms with Gasteiger partial charge in [0.2, 0.25) is 0 Å². The third kappa shape index (κ3) is 8.33. The second-order valence-electron chi connectivity index (χ2n) is 3.94. The molecule has 3 nitrogen and oxygen atoms in total. The molecular weight excluding hydrogens is 204 g/mol. The van der Waals surface area contributed by atoms with E-state index in [4.69, 9.17) is 9.47 Å². The van der Waals surface area contributed by atoms with E-state index in [-0.39, 0.29) is 5.97 Å². The van der Waals surface area contributed by atoms with Crippen molar-refractivity contribution in [1.29, 1.82) is 0 Å². The van der Waals surface area contributed by atoms with Gasteiger partial charge in [0, 0.05) is 0 Å². The molecule has 0 fully saturated rings. The number of rotatable bonds is 9. The van der Waals surface area contributed by atoms with Crippen molar-refractivity contribution in [3.8, 4) is 0 Å². The lowest BCUT2D eigenvalue weighted by Crippen LogP contribution is -2.07. The van der Waals surface area contributed by atoms with Crippen LogP contribution >= 0.6 is 0 Å². The third-order valence-corrected chi connectivity index (χ3v) is 2.35. The molecule has 16 heavy (non-hydrogen) atoms. The van der Waals surface area contributed by atoms with Gasteiger partial charge in [-0.15, -0.1) is 0 Å². The van der Waals surface area contributed by atoms with Crippen LogP contribution in [0.2, 0.25) is 0 Å². The first-order valence-electron chi connectivity index (χ1n) is 6.09.